The Kier molecular flexibility index (Phi) is 3.13. The summed E-state index contributed by atoms with van der Waals surface area (Å²) in [5.41, 5.74) is 6.12. The van der Waals surface area contributed by atoms with E-state index in [1.54, 1.807) is 24.3 Å². The summed E-state index contributed by atoms with van der Waals surface area (Å²) in [5.74, 6) is 0.250. The first-order chi connectivity index (χ1) is 7.70. The first-order valence-corrected chi connectivity index (χ1v) is 5.37. The van der Waals surface area contributed by atoms with Crippen LogP contribution in [0, 0.1) is 0 Å². The van der Waals surface area contributed by atoms with E-state index in [-0.39, 0.29) is 5.75 Å². The molecule has 2 nitrogen and oxygen atoms in total. The number of halogens is 1. The SMILES string of the molecule is NC/C=C/c1cc2cc(Cl)ccc2cc1O. The van der Waals surface area contributed by atoms with Crippen molar-refractivity contribution in [2.24, 2.45) is 5.73 Å². The fourth-order valence-corrected chi connectivity index (χ4v) is 1.78. The lowest BCUT2D eigenvalue weighted by Crippen LogP contribution is -1.92. The molecule has 0 aliphatic carbocycles. The third-order valence-corrected chi connectivity index (χ3v) is 2.62. The molecule has 82 valence electrons. The lowest BCUT2D eigenvalue weighted by atomic mass is 10.1. The molecular formula is C13H12ClNO. The molecule has 0 saturated heterocycles. The van der Waals surface area contributed by atoms with Crippen molar-refractivity contribution >= 4 is 28.4 Å². The van der Waals surface area contributed by atoms with E-state index in [2.05, 4.69) is 0 Å². The number of hydrogen-bond donors (Lipinski definition) is 2. The van der Waals surface area contributed by atoms with Gasteiger partial charge >= 0.3 is 0 Å². The van der Waals surface area contributed by atoms with E-state index in [1.807, 2.05) is 18.2 Å². The van der Waals surface area contributed by atoms with Gasteiger partial charge in [0.1, 0.15) is 5.75 Å². The summed E-state index contributed by atoms with van der Waals surface area (Å²) in [7, 11) is 0. The second kappa shape index (κ2) is 4.56. The Hall–Kier alpha value is -1.51. The van der Waals surface area contributed by atoms with Gasteiger partial charge in [0.25, 0.3) is 0 Å². The Morgan fingerprint density at radius 3 is 2.75 bits per heavy atom. The van der Waals surface area contributed by atoms with Crippen molar-refractivity contribution in [1.82, 2.24) is 0 Å². The molecule has 2 aromatic rings. The number of hydrogen-bond acceptors (Lipinski definition) is 2. The van der Waals surface area contributed by atoms with Gasteiger partial charge in [0.05, 0.1) is 0 Å². The third kappa shape index (κ3) is 2.18. The van der Waals surface area contributed by atoms with E-state index in [0.717, 1.165) is 16.3 Å². The van der Waals surface area contributed by atoms with Crippen molar-refractivity contribution < 1.29 is 5.11 Å². The first-order valence-electron chi connectivity index (χ1n) is 4.99. The average molecular weight is 234 g/mol. The lowest BCUT2D eigenvalue weighted by Gasteiger charge is -2.03. The van der Waals surface area contributed by atoms with Crippen LogP contribution in [0.1, 0.15) is 5.56 Å². The molecule has 0 aliphatic heterocycles. The van der Waals surface area contributed by atoms with E-state index < -0.39 is 0 Å². The number of phenols is 1. The molecule has 2 rings (SSSR count). The molecule has 0 saturated carbocycles. The minimum Gasteiger partial charge on any atom is -0.507 e. The third-order valence-electron chi connectivity index (χ3n) is 2.38. The number of rotatable bonds is 2. The number of aromatic hydroxyl groups is 1. The summed E-state index contributed by atoms with van der Waals surface area (Å²) in [4.78, 5) is 0. The summed E-state index contributed by atoms with van der Waals surface area (Å²) in [6.07, 6.45) is 3.60. The predicted octanol–water partition coefficient (Wildman–Crippen LogP) is 3.17. The predicted molar refractivity (Wildman–Crippen MR) is 68.7 cm³/mol. The van der Waals surface area contributed by atoms with Crippen LogP contribution >= 0.6 is 11.6 Å². The minimum absolute atomic E-state index is 0.250. The van der Waals surface area contributed by atoms with E-state index in [9.17, 15) is 5.11 Å². The van der Waals surface area contributed by atoms with Crippen LogP contribution in [-0.4, -0.2) is 11.7 Å². The van der Waals surface area contributed by atoms with Crippen molar-refractivity contribution in [1.29, 1.82) is 0 Å². The highest BCUT2D eigenvalue weighted by Gasteiger charge is 2.01. The molecule has 16 heavy (non-hydrogen) atoms. The highest BCUT2D eigenvalue weighted by Crippen LogP contribution is 2.27. The van der Waals surface area contributed by atoms with Gasteiger partial charge in [0.15, 0.2) is 0 Å². The molecule has 0 heterocycles. The molecule has 0 radical (unpaired) electrons. The van der Waals surface area contributed by atoms with Crippen LogP contribution in [0.5, 0.6) is 5.75 Å². The molecule has 3 heteroatoms. The highest BCUT2D eigenvalue weighted by molar-refractivity contribution is 6.31. The average Bonchev–Trinajstić information content (AvgIpc) is 2.27. The summed E-state index contributed by atoms with van der Waals surface area (Å²) in [6, 6.07) is 9.17. The van der Waals surface area contributed by atoms with Crippen LogP contribution in [0.4, 0.5) is 0 Å². The van der Waals surface area contributed by atoms with E-state index in [0.29, 0.717) is 11.6 Å². The van der Waals surface area contributed by atoms with Crippen molar-refractivity contribution in [2.45, 2.75) is 0 Å². The van der Waals surface area contributed by atoms with Gasteiger partial charge in [-0.05, 0) is 35.0 Å². The van der Waals surface area contributed by atoms with Gasteiger partial charge in [-0.3, -0.25) is 0 Å². The zero-order valence-corrected chi connectivity index (χ0v) is 9.41. The molecular weight excluding hydrogens is 222 g/mol. The van der Waals surface area contributed by atoms with Crippen LogP contribution in [0.2, 0.25) is 5.02 Å². The molecule has 2 aromatic carbocycles. The Bertz CT molecular complexity index is 549. The fraction of sp³-hybridized carbons (Fsp3) is 0.0769. The first kappa shape index (κ1) is 11.0. The van der Waals surface area contributed by atoms with Crippen molar-refractivity contribution in [3.05, 3.63) is 47.0 Å². The second-order valence-corrected chi connectivity index (χ2v) is 3.98. The van der Waals surface area contributed by atoms with Crippen molar-refractivity contribution in [3.8, 4) is 5.75 Å². The topological polar surface area (TPSA) is 46.2 Å². The highest BCUT2D eigenvalue weighted by atomic mass is 35.5. The molecule has 0 spiro atoms. The number of fused-ring (bicyclic) bond motifs is 1. The van der Waals surface area contributed by atoms with Crippen LogP contribution in [0.15, 0.2) is 36.4 Å². The van der Waals surface area contributed by atoms with Crippen molar-refractivity contribution in [3.63, 3.8) is 0 Å². The van der Waals surface area contributed by atoms with E-state index in [4.69, 9.17) is 17.3 Å². The van der Waals surface area contributed by atoms with E-state index in [1.165, 1.54) is 0 Å². The second-order valence-electron chi connectivity index (χ2n) is 3.54. The van der Waals surface area contributed by atoms with Crippen molar-refractivity contribution in [2.75, 3.05) is 6.54 Å². The van der Waals surface area contributed by atoms with Crippen LogP contribution in [-0.2, 0) is 0 Å². The largest absolute Gasteiger partial charge is 0.507 e. The van der Waals surface area contributed by atoms with Gasteiger partial charge in [-0.1, -0.05) is 29.8 Å². The Labute approximate surface area is 99.0 Å². The summed E-state index contributed by atoms with van der Waals surface area (Å²) >= 11 is 5.91. The molecule has 0 bridgehead atoms. The monoisotopic (exact) mass is 233 g/mol. The zero-order chi connectivity index (χ0) is 11.5. The van der Waals surface area contributed by atoms with E-state index >= 15 is 0 Å². The van der Waals surface area contributed by atoms with Gasteiger partial charge < -0.3 is 10.8 Å². The normalized spacial score (nSPS) is 11.4. The Morgan fingerprint density at radius 1 is 1.19 bits per heavy atom. The van der Waals surface area contributed by atoms with Gasteiger partial charge in [0, 0.05) is 17.1 Å². The maximum absolute atomic E-state index is 9.78. The summed E-state index contributed by atoms with van der Waals surface area (Å²) in [5, 5.41) is 12.4. The standard InChI is InChI=1S/C13H12ClNO/c14-12-4-3-9-8-13(16)10(2-1-5-15)6-11(9)7-12/h1-4,6-8,16H,5,15H2/b2-1+. The van der Waals surface area contributed by atoms with Gasteiger partial charge in [-0.2, -0.15) is 0 Å². The van der Waals surface area contributed by atoms with Gasteiger partial charge in [-0.15, -0.1) is 0 Å². The number of phenolic OH excluding ortho intramolecular Hbond substituents is 1. The smallest absolute Gasteiger partial charge is 0.123 e. The molecule has 3 N–H and O–H groups in total. The Morgan fingerprint density at radius 2 is 2.00 bits per heavy atom. The quantitative estimate of drug-likeness (QED) is 0.837. The molecule has 0 aliphatic rings. The van der Waals surface area contributed by atoms with Crippen LogP contribution in [0.25, 0.3) is 16.8 Å². The maximum atomic E-state index is 9.78. The molecule has 0 aromatic heterocycles. The molecule has 0 atom stereocenters. The lowest BCUT2D eigenvalue weighted by molar-refractivity contribution is 0.475. The molecule has 0 fully saturated rings. The van der Waals surface area contributed by atoms with Crippen LogP contribution < -0.4 is 5.73 Å². The Balaban J connectivity index is 2.59. The molecule has 0 amide bonds. The van der Waals surface area contributed by atoms with Gasteiger partial charge in [0.2, 0.25) is 0 Å². The number of nitrogens with two attached hydrogens (primary N) is 1. The minimum atomic E-state index is 0.250. The number of benzene rings is 2. The fourth-order valence-electron chi connectivity index (χ4n) is 1.60. The summed E-state index contributed by atoms with van der Waals surface area (Å²) in [6.45, 7) is 0.451. The maximum Gasteiger partial charge on any atom is 0.123 e. The molecule has 0 unspecified atom stereocenters. The summed E-state index contributed by atoms with van der Waals surface area (Å²) < 4.78 is 0. The van der Waals surface area contributed by atoms with Gasteiger partial charge in [-0.25, -0.2) is 0 Å². The van der Waals surface area contributed by atoms with Crippen LogP contribution in [0.3, 0.4) is 0 Å². The zero-order valence-electron chi connectivity index (χ0n) is 8.65.